The molecular weight excluding hydrogens is 302 g/mol. The second kappa shape index (κ2) is 6.64. The number of benzene rings is 1. The van der Waals surface area contributed by atoms with Crippen molar-refractivity contribution in [2.24, 2.45) is 0 Å². The number of nitrogens with two attached hydrogens (primary N) is 1. The van der Waals surface area contributed by atoms with E-state index in [1.165, 1.54) is 11.3 Å². The van der Waals surface area contributed by atoms with E-state index >= 15 is 0 Å². The zero-order chi connectivity index (χ0) is 16.3. The van der Waals surface area contributed by atoms with Crippen molar-refractivity contribution in [3.8, 4) is 5.75 Å². The molecule has 0 radical (unpaired) electrons. The number of aliphatic hydroxyl groups excluding tert-OH is 1. The molecular formula is C16H22NO4S+. The monoisotopic (exact) mass is 324 g/mol. The summed E-state index contributed by atoms with van der Waals surface area (Å²) in [5, 5.41) is 22.1. The van der Waals surface area contributed by atoms with Crippen LogP contribution in [-0.4, -0.2) is 41.0 Å². The first-order valence-corrected chi connectivity index (χ1v) is 7.99. The van der Waals surface area contributed by atoms with Crippen molar-refractivity contribution in [1.82, 2.24) is 0 Å². The number of rotatable bonds is 6. The Morgan fingerprint density at radius 1 is 1.36 bits per heavy atom. The normalized spacial score (nSPS) is 13.3. The predicted molar refractivity (Wildman–Crippen MR) is 86.8 cm³/mol. The van der Waals surface area contributed by atoms with Crippen LogP contribution in [0.2, 0.25) is 0 Å². The number of ether oxygens (including phenoxy) is 1. The zero-order valence-corrected chi connectivity index (χ0v) is 13.8. The third kappa shape index (κ3) is 4.19. The van der Waals surface area contributed by atoms with Crippen molar-refractivity contribution in [2.45, 2.75) is 32.4 Å². The third-order valence-electron chi connectivity index (χ3n) is 3.17. The van der Waals surface area contributed by atoms with Gasteiger partial charge in [0.2, 0.25) is 0 Å². The first-order chi connectivity index (χ1) is 10.3. The second-order valence-corrected chi connectivity index (χ2v) is 7.38. The van der Waals surface area contributed by atoms with Gasteiger partial charge in [0.15, 0.2) is 10.6 Å². The predicted octanol–water partition coefficient (Wildman–Crippen LogP) is 1.70. The maximum atomic E-state index is 11.4. The average molecular weight is 324 g/mol. The molecule has 1 heterocycles. The summed E-state index contributed by atoms with van der Waals surface area (Å²) in [5.41, 5.74) is 0.0300. The second-order valence-electron chi connectivity index (χ2n) is 6.33. The van der Waals surface area contributed by atoms with Crippen LogP contribution >= 0.6 is 11.3 Å². The molecule has 1 aromatic carbocycles. The molecule has 4 N–H and O–H groups in total. The van der Waals surface area contributed by atoms with E-state index in [2.05, 4.69) is 20.8 Å². The Balaban J connectivity index is 2.10. The first-order valence-electron chi connectivity index (χ1n) is 7.18. The van der Waals surface area contributed by atoms with Crippen LogP contribution in [0.15, 0.2) is 24.3 Å². The van der Waals surface area contributed by atoms with Gasteiger partial charge in [-0.1, -0.05) is 12.1 Å². The van der Waals surface area contributed by atoms with Gasteiger partial charge < -0.3 is 20.3 Å². The molecule has 0 bridgehead atoms. The summed E-state index contributed by atoms with van der Waals surface area (Å²) in [6, 6.07) is 7.41. The minimum atomic E-state index is -1.01. The fraction of sp³-hybridized carbons (Fsp3) is 0.438. The Morgan fingerprint density at radius 3 is 2.68 bits per heavy atom. The summed E-state index contributed by atoms with van der Waals surface area (Å²) in [7, 11) is 0. The summed E-state index contributed by atoms with van der Waals surface area (Å²) in [4.78, 5) is 11.5. The molecule has 0 aliphatic heterocycles. The summed E-state index contributed by atoms with van der Waals surface area (Å²) >= 11 is 1.19. The molecule has 6 heteroatoms. The van der Waals surface area contributed by atoms with Gasteiger partial charge >= 0.3 is 5.97 Å². The summed E-state index contributed by atoms with van der Waals surface area (Å²) < 4.78 is 6.50. The van der Waals surface area contributed by atoms with E-state index in [1.54, 1.807) is 0 Å². The van der Waals surface area contributed by atoms with Gasteiger partial charge in [0.1, 0.15) is 19.3 Å². The Bertz CT molecular complexity index is 660. The van der Waals surface area contributed by atoms with Crippen molar-refractivity contribution >= 4 is 27.4 Å². The molecule has 0 aliphatic carbocycles. The number of fused-ring (bicyclic) bond motifs is 1. The van der Waals surface area contributed by atoms with Crippen LogP contribution in [0, 0.1) is 0 Å². The van der Waals surface area contributed by atoms with Gasteiger partial charge in [-0.15, -0.1) is 11.3 Å². The standard InChI is InChI=1S/C16H21NO4S/c1-16(2,3)17-8-10(18)9-21-13-11-6-4-5-7-12(11)22-14(13)15(19)20/h4-7,10,17-18H,8-9H2,1-3H3,(H,19,20)/p+1. The summed E-state index contributed by atoms with van der Waals surface area (Å²) in [6.45, 7) is 6.78. The number of aromatic carboxylic acids is 1. The Morgan fingerprint density at radius 2 is 2.05 bits per heavy atom. The van der Waals surface area contributed by atoms with Crippen LogP contribution in [0.5, 0.6) is 5.75 Å². The molecule has 0 amide bonds. The molecule has 0 aliphatic rings. The lowest BCUT2D eigenvalue weighted by atomic mass is 10.1. The highest BCUT2D eigenvalue weighted by Crippen LogP contribution is 2.37. The maximum Gasteiger partial charge on any atom is 0.349 e. The number of carboxylic acids is 1. The number of carbonyl (C=O) groups is 1. The number of thiophene rings is 1. The van der Waals surface area contributed by atoms with E-state index < -0.39 is 12.1 Å². The van der Waals surface area contributed by atoms with Crippen LogP contribution in [0.3, 0.4) is 0 Å². The van der Waals surface area contributed by atoms with E-state index in [-0.39, 0.29) is 17.0 Å². The van der Waals surface area contributed by atoms with Crippen molar-refractivity contribution < 1.29 is 25.1 Å². The lowest BCUT2D eigenvalue weighted by Crippen LogP contribution is -2.96. The zero-order valence-electron chi connectivity index (χ0n) is 13.0. The van der Waals surface area contributed by atoms with Crippen molar-refractivity contribution in [1.29, 1.82) is 0 Å². The van der Waals surface area contributed by atoms with Gasteiger partial charge in [-0.25, -0.2) is 4.79 Å². The fourth-order valence-electron chi connectivity index (χ4n) is 2.04. The molecule has 2 rings (SSSR count). The molecule has 0 saturated heterocycles. The molecule has 1 unspecified atom stereocenters. The number of aliphatic hydroxyl groups is 1. The van der Waals surface area contributed by atoms with Gasteiger partial charge in [0, 0.05) is 10.1 Å². The molecule has 22 heavy (non-hydrogen) atoms. The van der Waals surface area contributed by atoms with Gasteiger partial charge in [-0.3, -0.25) is 0 Å². The molecule has 0 saturated carbocycles. The van der Waals surface area contributed by atoms with E-state index in [0.29, 0.717) is 12.3 Å². The lowest BCUT2D eigenvalue weighted by molar-refractivity contribution is -0.722. The summed E-state index contributed by atoms with van der Waals surface area (Å²) in [5.74, 6) is -0.658. The largest absolute Gasteiger partial charge is 0.488 e. The highest BCUT2D eigenvalue weighted by Gasteiger charge is 2.21. The van der Waals surface area contributed by atoms with Gasteiger partial charge in [-0.2, -0.15) is 0 Å². The van der Waals surface area contributed by atoms with Crippen LogP contribution in [0.25, 0.3) is 10.1 Å². The molecule has 0 fully saturated rings. The number of quaternary nitrogens is 1. The van der Waals surface area contributed by atoms with E-state index in [0.717, 1.165) is 10.1 Å². The van der Waals surface area contributed by atoms with Crippen molar-refractivity contribution in [3.05, 3.63) is 29.1 Å². The van der Waals surface area contributed by atoms with Crippen LogP contribution in [-0.2, 0) is 0 Å². The highest BCUT2D eigenvalue weighted by atomic mass is 32.1. The Kier molecular flexibility index (Phi) is 5.05. The topological polar surface area (TPSA) is 83.4 Å². The van der Waals surface area contributed by atoms with Gasteiger partial charge in [-0.05, 0) is 32.9 Å². The number of hydrogen-bond acceptors (Lipinski definition) is 4. The van der Waals surface area contributed by atoms with Crippen molar-refractivity contribution in [2.75, 3.05) is 13.2 Å². The Hall–Kier alpha value is -1.63. The minimum absolute atomic E-state index is 0.0300. The van der Waals surface area contributed by atoms with Crippen LogP contribution in [0.1, 0.15) is 30.4 Å². The van der Waals surface area contributed by atoms with E-state index in [9.17, 15) is 15.0 Å². The van der Waals surface area contributed by atoms with Crippen LogP contribution in [0.4, 0.5) is 0 Å². The van der Waals surface area contributed by atoms with E-state index in [4.69, 9.17) is 4.74 Å². The average Bonchev–Trinajstić information content (AvgIpc) is 2.81. The molecule has 5 nitrogen and oxygen atoms in total. The molecule has 2 aromatic rings. The number of carboxylic acid groups (broad SMARTS) is 1. The minimum Gasteiger partial charge on any atom is -0.488 e. The lowest BCUT2D eigenvalue weighted by Gasteiger charge is -2.19. The molecule has 120 valence electrons. The third-order valence-corrected chi connectivity index (χ3v) is 4.31. The van der Waals surface area contributed by atoms with Crippen molar-refractivity contribution in [3.63, 3.8) is 0 Å². The maximum absolute atomic E-state index is 11.4. The first kappa shape index (κ1) is 16.7. The molecule has 0 spiro atoms. The van der Waals surface area contributed by atoms with Gasteiger partial charge in [0.05, 0.1) is 5.54 Å². The molecule has 1 aromatic heterocycles. The quantitative estimate of drug-likeness (QED) is 0.755. The Labute approximate surface area is 133 Å². The summed E-state index contributed by atoms with van der Waals surface area (Å²) in [6.07, 6.45) is -0.653. The highest BCUT2D eigenvalue weighted by molar-refractivity contribution is 7.21. The fourth-order valence-corrected chi connectivity index (χ4v) is 3.03. The van der Waals surface area contributed by atoms with Gasteiger partial charge in [0.25, 0.3) is 0 Å². The SMILES string of the molecule is CC(C)(C)[NH2+]CC(O)COc1c(C(=O)O)sc2ccccc12. The molecule has 1 atom stereocenters. The smallest absolute Gasteiger partial charge is 0.349 e. The van der Waals surface area contributed by atoms with Crippen LogP contribution < -0.4 is 10.1 Å². The van der Waals surface area contributed by atoms with E-state index in [1.807, 2.05) is 29.6 Å². The number of hydrogen-bond donors (Lipinski definition) is 3.